The fourth-order valence-corrected chi connectivity index (χ4v) is 4.70. The first-order valence-electron chi connectivity index (χ1n) is 10.7. The van der Waals surface area contributed by atoms with Gasteiger partial charge >= 0.3 is 21.1 Å². The molecule has 5 nitrogen and oxygen atoms in total. The third kappa shape index (κ3) is 2.90. The average molecular weight is 621 g/mol. The number of fused-ring (bicyclic) bond motifs is 8. The van der Waals surface area contributed by atoms with Gasteiger partial charge in [-0.25, -0.2) is 4.98 Å². The first kappa shape index (κ1) is 20.6. The number of para-hydroxylation sites is 3. The molecule has 0 unspecified atom stereocenters. The fourth-order valence-electron chi connectivity index (χ4n) is 4.70. The molecule has 0 saturated carbocycles. The van der Waals surface area contributed by atoms with E-state index in [4.69, 9.17) is 4.98 Å². The zero-order chi connectivity index (χ0) is 21.9. The van der Waals surface area contributed by atoms with E-state index in [1.54, 1.807) is 6.07 Å². The summed E-state index contributed by atoms with van der Waals surface area (Å²) in [4.78, 5) is 5.06. The molecule has 3 aromatic heterocycles. The van der Waals surface area contributed by atoms with Crippen molar-refractivity contribution in [3.63, 3.8) is 0 Å². The van der Waals surface area contributed by atoms with Gasteiger partial charge in [0.25, 0.3) is 6.33 Å². The smallest absolute Gasteiger partial charge is 0.507 e. The second-order valence-electron chi connectivity index (χ2n) is 8.02. The largest absolute Gasteiger partial charge is 2.00 e. The number of rotatable bonds is 2. The van der Waals surface area contributed by atoms with Crippen molar-refractivity contribution in [2.45, 2.75) is 0 Å². The number of imidazole rings is 2. The molecular weight excluding hydrogens is 603 g/mol. The molecule has 0 aliphatic carbocycles. The standard InChI is InChI=1S/C28H17N4O.Pt/c33-25-15-6-11-21-20-10-4-5-12-22(20)32-24-14-7-13-23(27(24)29-28(32)26(21)25)31-17-16-30(18-31)19-8-2-1-3-9-19;/h1-8,10-17,33H;/q-1;+2. The van der Waals surface area contributed by atoms with E-state index in [-0.39, 0.29) is 26.8 Å². The molecule has 6 heteroatoms. The minimum Gasteiger partial charge on any atom is -0.507 e. The Morgan fingerprint density at radius 3 is 2.50 bits per heavy atom. The van der Waals surface area contributed by atoms with Crippen LogP contribution < -0.4 is 4.57 Å². The average Bonchev–Trinajstić information content (AvgIpc) is 3.50. The summed E-state index contributed by atoms with van der Waals surface area (Å²) in [6.07, 6.45) is 7.29. The van der Waals surface area contributed by atoms with E-state index in [1.807, 2.05) is 82.2 Å². The monoisotopic (exact) mass is 620 g/mol. The topological polar surface area (TPSA) is 46.3 Å². The fraction of sp³-hybridized carbons (Fsp3) is 0. The summed E-state index contributed by atoms with van der Waals surface area (Å²) >= 11 is 0. The number of pyridine rings is 1. The predicted molar refractivity (Wildman–Crippen MR) is 128 cm³/mol. The van der Waals surface area contributed by atoms with Gasteiger partial charge in [0.05, 0.1) is 22.1 Å². The second-order valence-corrected chi connectivity index (χ2v) is 8.02. The summed E-state index contributed by atoms with van der Waals surface area (Å²) in [5, 5.41) is 13.6. The first-order chi connectivity index (χ1) is 16.3. The Hall–Kier alpha value is -3.95. The Kier molecular flexibility index (Phi) is 4.75. The molecule has 0 spiro atoms. The number of hydrogen-bond acceptors (Lipinski definition) is 2. The molecule has 0 saturated heterocycles. The molecule has 164 valence electrons. The molecule has 4 aromatic carbocycles. The maximum absolute atomic E-state index is 10.8. The van der Waals surface area contributed by atoms with Gasteiger partial charge in [0, 0.05) is 17.8 Å². The molecular formula is C28H17N4OPt+. The number of hydrogen-bond donors (Lipinski definition) is 1. The normalized spacial score (nSPS) is 11.4. The number of phenols is 1. The summed E-state index contributed by atoms with van der Waals surface area (Å²) in [5.74, 6) is 0.227. The van der Waals surface area contributed by atoms with Crippen molar-refractivity contribution in [3.05, 3.63) is 110 Å². The summed E-state index contributed by atoms with van der Waals surface area (Å²) in [6.45, 7) is 0. The Morgan fingerprint density at radius 2 is 1.62 bits per heavy atom. The van der Waals surface area contributed by atoms with E-state index in [2.05, 4.69) is 35.0 Å². The third-order valence-corrected chi connectivity index (χ3v) is 6.16. The van der Waals surface area contributed by atoms with Crippen molar-refractivity contribution < 1.29 is 30.7 Å². The summed E-state index contributed by atoms with van der Waals surface area (Å²) in [6, 6.07) is 31.0. The maximum atomic E-state index is 10.8. The number of aromatic nitrogens is 4. The minimum atomic E-state index is 0. The molecule has 7 rings (SSSR count). The van der Waals surface area contributed by atoms with Crippen molar-refractivity contribution in [2.75, 3.05) is 0 Å². The van der Waals surface area contributed by atoms with Crippen molar-refractivity contribution in [2.24, 2.45) is 0 Å². The van der Waals surface area contributed by atoms with Gasteiger partial charge in [-0.3, -0.25) is 8.97 Å². The number of nitrogens with zero attached hydrogens (tertiary/aromatic N) is 4. The molecule has 0 amide bonds. The van der Waals surface area contributed by atoms with Crippen molar-refractivity contribution >= 4 is 38.4 Å². The predicted octanol–water partition coefficient (Wildman–Crippen LogP) is 5.16. The van der Waals surface area contributed by atoms with Crippen LogP contribution in [-0.2, 0) is 21.1 Å². The van der Waals surface area contributed by atoms with E-state index in [9.17, 15) is 5.11 Å². The number of aromatic hydroxyl groups is 1. The molecule has 0 atom stereocenters. The van der Waals surface area contributed by atoms with E-state index >= 15 is 0 Å². The van der Waals surface area contributed by atoms with Gasteiger partial charge in [-0.2, -0.15) is 30.3 Å². The van der Waals surface area contributed by atoms with Gasteiger partial charge < -0.3 is 9.67 Å². The van der Waals surface area contributed by atoms with Crippen LogP contribution in [-0.4, -0.2) is 19.1 Å². The Morgan fingerprint density at radius 1 is 0.824 bits per heavy atom. The first-order valence-corrected chi connectivity index (χ1v) is 10.7. The van der Waals surface area contributed by atoms with Crippen LogP contribution in [0.4, 0.5) is 0 Å². The summed E-state index contributed by atoms with van der Waals surface area (Å²) in [5.41, 5.74) is 5.44. The zero-order valence-corrected chi connectivity index (χ0v) is 20.1. The molecule has 3 heterocycles. The molecule has 0 radical (unpaired) electrons. The maximum Gasteiger partial charge on any atom is 2.00 e. The quantitative estimate of drug-likeness (QED) is 0.165. The Labute approximate surface area is 209 Å². The van der Waals surface area contributed by atoms with Gasteiger partial charge in [-0.15, -0.1) is 0 Å². The van der Waals surface area contributed by atoms with E-state index < -0.39 is 0 Å². The second kappa shape index (κ2) is 7.82. The van der Waals surface area contributed by atoms with Crippen LogP contribution >= 0.6 is 0 Å². The van der Waals surface area contributed by atoms with Gasteiger partial charge in [0.1, 0.15) is 16.9 Å². The molecule has 0 fully saturated rings. The van der Waals surface area contributed by atoms with E-state index in [0.717, 1.165) is 49.7 Å². The SMILES string of the molecule is Oc1cccc2c3ccccc3n3c4cccc(-[n+]5[c-]n(-c6[c-]cccc6)cc5)c4nc3c12.[Pt+2]. The molecule has 7 aromatic rings. The van der Waals surface area contributed by atoms with Crippen LogP contribution in [0.1, 0.15) is 0 Å². The van der Waals surface area contributed by atoms with Crippen molar-refractivity contribution in [1.29, 1.82) is 0 Å². The van der Waals surface area contributed by atoms with Crippen LogP contribution in [0, 0.1) is 12.4 Å². The van der Waals surface area contributed by atoms with Crippen molar-refractivity contribution in [3.8, 4) is 17.1 Å². The zero-order valence-electron chi connectivity index (χ0n) is 17.8. The third-order valence-electron chi connectivity index (χ3n) is 6.16. The Balaban J connectivity index is 0.00000217. The van der Waals surface area contributed by atoms with Gasteiger partial charge in [0.2, 0.25) is 0 Å². The van der Waals surface area contributed by atoms with Gasteiger partial charge in [-0.05, 0) is 35.3 Å². The molecule has 34 heavy (non-hydrogen) atoms. The van der Waals surface area contributed by atoms with E-state index in [1.165, 1.54) is 0 Å². The van der Waals surface area contributed by atoms with Crippen LogP contribution in [0.15, 0.2) is 97.3 Å². The molecule has 0 aliphatic heterocycles. The molecule has 1 N–H and O–H groups in total. The number of phenolic OH excluding ortho intramolecular Hbond substituents is 1. The van der Waals surface area contributed by atoms with Crippen LogP contribution in [0.25, 0.3) is 49.7 Å². The summed E-state index contributed by atoms with van der Waals surface area (Å²) < 4.78 is 5.99. The minimum absolute atomic E-state index is 0. The van der Waals surface area contributed by atoms with Crippen molar-refractivity contribution in [1.82, 2.24) is 14.0 Å². The summed E-state index contributed by atoms with van der Waals surface area (Å²) in [7, 11) is 0. The van der Waals surface area contributed by atoms with Crippen LogP contribution in [0.2, 0.25) is 0 Å². The van der Waals surface area contributed by atoms with Gasteiger partial charge in [-0.1, -0.05) is 36.4 Å². The Bertz CT molecular complexity index is 1840. The van der Waals surface area contributed by atoms with Crippen LogP contribution in [0.3, 0.4) is 0 Å². The van der Waals surface area contributed by atoms with E-state index in [0.29, 0.717) is 0 Å². The molecule has 0 aliphatic rings. The number of benzene rings is 4. The van der Waals surface area contributed by atoms with Crippen LogP contribution in [0.5, 0.6) is 5.75 Å². The molecule has 0 bridgehead atoms. The van der Waals surface area contributed by atoms with Gasteiger partial charge in [0.15, 0.2) is 0 Å².